The largest absolute Gasteiger partial charge is 0.370 e. The maximum absolute atomic E-state index is 12.1. The van der Waals surface area contributed by atoms with Crippen molar-refractivity contribution in [2.75, 3.05) is 32.7 Å². The predicted molar refractivity (Wildman–Crippen MR) is 123 cm³/mol. The molecule has 1 atom stereocenters. The second kappa shape index (κ2) is 13.4. The van der Waals surface area contributed by atoms with Crippen molar-refractivity contribution in [3.8, 4) is 0 Å². The summed E-state index contributed by atoms with van der Waals surface area (Å²) in [5.41, 5.74) is 6.53. The van der Waals surface area contributed by atoms with Crippen LogP contribution in [0.1, 0.15) is 31.7 Å². The van der Waals surface area contributed by atoms with E-state index in [4.69, 9.17) is 5.73 Å². The van der Waals surface area contributed by atoms with Crippen molar-refractivity contribution in [1.82, 2.24) is 15.5 Å². The Bertz CT molecular complexity index is 639. The number of guanidine groups is 1. The van der Waals surface area contributed by atoms with Gasteiger partial charge in [-0.1, -0.05) is 30.3 Å². The van der Waals surface area contributed by atoms with Crippen LogP contribution in [-0.4, -0.2) is 55.4 Å². The zero-order valence-corrected chi connectivity index (χ0v) is 18.9. The van der Waals surface area contributed by atoms with Gasteiger partial charge in [-0.3, -0.25) is 9.59 Å². The zero-order chi connectivity index (χ0) is 19.5. The van der Waals surface area contributed by atoms with Gasteiger partial charge in [0.2, 0.25) is 11.8 Å². The van der Waals surface area contributed by atoms with E-state index in [2.05, 4.69) is 20.5 Å². The number of carbonyl (C=O) groups excluding carboxylic acids is 2. The molecular weight excluding hydrogens is 469 g/mol. The number of nitrogens with two attached hydrogens (primary N) is 1. The van der Waals surface area contributed by atoms with Crippen LogP contribution < -0.4 is 16.4 Å². The Morgan fingerprint density at radius 3 is 2.68 bits per heavy atom. The molecule has 0 saturated carbocycles. The van der Waals surface area contributed by atoms with Gasteiger partial charge in [-0.15, -0.1) is 24.0 Å². The zero-order valence-electron chi connectivity index (χ0n) is 16.5. The molecule has 0 radical (unpaired) electrons. The maximum Gasteiger partial charge on any atom is 0.241 e. The van der Waals surface area contributed by atoms with Crippen LogP contribution in [0.25, 0.3) is 0 Å². The number of benzene rings is 1. The van der Waals surface area contributed by atoms with Gasteiger partial charge in [0.1, 0.15) is 6.54 Å². The minimum absolute atomic E-state index is 0. The molecule has 0 aliphatic carbocycles. The molecule has 1 saturated heterocycles. The first-order valence-corrected chi connectivity index (χ1v) is 9.70. The number of aliphatic imine (C=N–C) groups is 1. The lowest BCUT2D eigenvalue weighted by Gasteiger charge is -2.34. The van der Waals surface area contributed by atoms with Crippen LogP contribution in [0.5, 0.6) is 0 Å². The summed E-state index contributed by atoms with van der Waals surface area (Å²) in [6.45, 7) is 5.03. The smallest absolute Gasteiger partial charge is 0.241 e. The Balaban J connectivity index is 0.00000392. The highest BCUT2D eigenvalue weighted by Gasteiger charge is 2.23. The highest BCUT2D eigenvalue weighted by atomic mass is 127. The second-order valence-corrected chi connectivity index (χ2v) is 6.88. The molecule has 7 nitrogen and oxygen atoms in total. The lowest BCUT2D eigenvalue weighted by Crippen LogP contribution is -2.47. The predicted octanol–water partition coefficient (Wildman–Crippen LogP) is 1.52. The summed E-state index contributed by atoms with van der Waals surface area (Å²) in [5, 5.41) is 6.16. The van der Waals surface area contributed by atoms with E-state index in [9.17, 15) is 9.59 Å². The van der Waals surface area contributed by atoms with Crippen molar-refractivity contribution in [2.45, 2.75) is 32.6 Å². The van der Waals surface area contributed by atoms with E-state index in [1.54, 1.807) is 0 Å². The molecule has 1 unspecified atom stereocenters. The highest BCUT2D eigenvalue weighted by molar-refractivity contribution is 14.0. The van der Waals surface area contributed by atoms with Crippen LogP contribution in [0, 0.1) is 5.92 Å². The van der Waals surface area contributed by atoms with Crippen LogP contribution in [0.4, 0.5) is 0 Å². The molecule has 1 aromatic rings. The summed E-state index contributed by atoms with van der Waals surface area (Å²) in [4.78, 5) is 29.9. The van der Waals surface area contributed by atoms with Gasteiger partial charge in [-0.2, -0.15) is 0 Å². The molecule has 0 aromatic heterocycles. The van der Waals surface area contributed by atoms with E-state index in [-0.39, 0.29) is 48.3 Å². The summed E-state index contributed by atoms with van der Waals surface area (Å²) < 4.78 is 0. The van der Waals surface area contributed by atoms with Crippen molar-refractivity contribution in [3.63, 3.8) is 0 Å². The molecule has 2 amide bonds. The van der Waals surface area contributed by atoms with Crippen LogP contribution in [0.3, 0.4) is 0 Å². The number of hydrogen-bond acceptors (Lipinski definition) is 3. The van der Waals surface area contributed by atoms with Crippen molar-refractivity contribution >= 4 is 41.8 Å². The van der Waals surface area contributed by atoms with Gasteiger partial charge in [0.05, 0.1) is 0 Å². The van der Waals surface area contributed by atoms with E-state index in [0.717, 1.165) is 44.9 Å². The third-order valence-electron chi connectivity index (χ3n) is 4.59. The molecular formula is C20H32IN5O2. The Kier molecular flexibility index (Phi) is 11.5. The average Bonchev–Trinajstić information content (AvgIpc) is 2.65. The van der Waals surface area contributed by atoms with E-state index >= 15 is 0 Å². The first-order valence-electron chi connectivity index (χ1n) is 9.70. The van der Waals surface area contributed by atoms with Gasteiger partial charge >= 0.3 is 0 Å². The van der Waals surface area contributed by atoms with Crippen LogP contribution in [0.2, 0.25) is 0 Å². The van der Waals surface area contributed by atoms with E-state index in [0.29, 0.717) is 13.0 Å². The van der Waals surface area contributed by atoms with Gasteiger partial charge < -0.3 is 21.3 Å². The number of halogens is 1. The van der Waals surface area contributed by atoms with Crippen LogP contribution >= 0.6 is 24.0 Å². The van der Waals surface area contributed by atoms with Crippen LogP contribution in [0.15, 0.2) is 35.3 Å². The summed E-state index contributed by atoms with van der Waals surface area (Å²) in [5.74, 6) is 0.623. The topological polar surface area (TPSA) is 99.8 Å². The molecule has 0 bridgehead atoms. The summed E-state index contributed by atoms with van der Waals surface area (Å²) in [6, 6.07) is 10.1. The Morgan fingerprint density at radius 1 is 1.25 bits per heavy atom. The fourth-order valence-corrected chi connectivity index (χ4v) is 3.33. The van der Waals surface area contributed by atoms with Gasteiger partial charge in [-0.05, 0) is 37.7 Å². The fraction of sp³-hybridized carbons (Fsp3) is 0.550. The van der Waals surface area contributed by atoms with E-state index in [1.165, 1.54) is 5.56 Å². The van der Waals surface area contributed by atoms with Crippen molar-refractivity contribution in [2.24, 2.45) is 16.6 Å². The molecule has 1 fully saturated rings. The summed E-state index contributed by atoms with van der Waals surface area (Å²) in [7, 11) is 0. The van der Waals surface area contributed by atoms with Crippen LogP contribution in [-0.2, 0) is 16.0 Å². The minimum Gasteiger partial charge on any atom is -0.370 e. The minimum atomic E-state index is -0.262. The van der Waals surface area contributed by atoms with Gasteiger partial charge in [-0.25, -0.2) is 4.99 Å². The lowest BCUT2D eigenvalue weighted by molar-refractivity contribution is -0.120. The maximum atomic E-state index is 12.1. The van der Waals surface area contributed by atoms with E-state index < -0.39 is 0 Å². The standard InChI is InChI=1S/C20H31N5O2.HI/c1-2-22-20(25-12-6-9-17(15-25)13-18(21)26)24-14-19(27)23-11-10-16-7-4-3-5-8-16;/h3-5,7-8,17H,2,6,9-15H2,1H3,(H2,21,26)(H,22,24)(H,23,27);1H. The van der Waals surface area contributed by atoms with Gasteiger partial charge in [0, 0.05) is 32.6 Å². The van der Waals surface area contributed by atoms with Gasteiger partial charge in [0.15, 0.2) is 5.96 Å². The number of rotatable bonds is 8. The normalized spacial score (nSPS) is 16.8. The number of nitrogens with zero attached hydrogens (tertiary/aromatic N) is 2. The third-order valence-corrected chi connectivity index (χ3v) is 4.59. The molecule has 1 heterocycles. The SMILES string of the molecule is CCNC(=NCC(=O)NCCc1ccccc1)N1CCCC(CC(N)=O)C1.I. The number of hydrogen-bond donors (Lipinski definition) is 3. The number of amides is 2. The monoisotopic (exact) mass is 501 g/mol. The average molecular weight is 501 g/mol. The molecule has 0 spiro atoms. The van der Waals surface area contributed by atoms with Crippen molar-refractivity contribution < 1.29 is 9.59 Å². The molecule has 28 heavy (non-hydrogen) atoms. The Labute approximate surface area is 184 Å². The molecule has 4 N–H and O–H groups in total. The number of piperidine rings is 1. The molecule has 1 aliphatic heterocycles. The number of primary amides is 1. The Morgan fingerprint density at radius 2 is 2.00 bits per heavy atom. The molecule has 8 heteroatoms. The van der Waals surface area contributed by atoms with Gasteiger partial charge in [0.25, 0.3) is 0 Å². The first-order chi connectivity index (χ1) is 13.1. The summed E-state index contributed by atoms with van der Waals surface area (Å²) >= 11 is 0. The highest BCUT2D eigenvalue weighted by Crippen LogP contribution is 2.19. The number of carbonyl (C=O) groups is 2. The second-order valence-electron chi connectivity index (χ2n) is 6.88. The molecule has 1 aromatic carbocycles. The first kappa shape index (κ1) is 24.2. The fourth-order valence-electron chi connectivity index (χ4n) is 3.33. The summed E-state index contributed by atoms with van der Waals surface area (Å²) in [6.07, 6.45) is 3.19. The molecule has 1 aliphatic rings. The molecule has 2 rings (SSSR count). The Hall–Kier alpha value is -1.84. The van der Waals surface area contributed by atoms with E-state index in [1.807, 2.05) is 37.3 Å². The molecule has 156 valence electrons. The number of likely N-dealkylation sites (tertiary alicyclic amines) is 1. The number of nitrogens with one attached hydrogen (secondary N) is 2. The lowest BCUT2D eigenvalue weighted by atomic mass is 9.95. The quantitative estimate of drug-likeness (QED) is 0.286. The third kappa shape index (κ3) is 8.90. The van der Waals surface area contributed by atoms with Crippen molar-refractivity contribution in [1.29, 1.82) is 0 Å². The van der Waals surface area contributed by atoms with Crippen molar-refractivity contribution in [3.05, 3.63) is 35.9 Å².